The molecule has 10 nitrogen and oxygen atoms in total. The maximum atomic E-state index is 12.2. The Hall–Kier alpha value is -3.82. The van der Waals surface area contributed by atoms with Crippen molar-refractivity contribution in [3.8, 4) is 0 Å². The molecule has 2 heterocycles. The van der Waals surface area contributed by atoms with Gasteiger partial charge in [0.1, 0.15) is 0 Å². The highest BCUT2D eigenvalue weighted by Gasteiger charge is 2.18. The van der Waals surface area contributed by atoms with Gasteiger partial charge in [-0.1, -0.05) is 12.1 Å². The van der Waals surface area contributed by atoms with Crippen LogP contribution in [0.15, 0.2) is 36.5 Å². The number of amides is 1. The minimum absolute atomic E-state index is 0.149. The van der Waals surface area contributed by atoms with Crippen molar-refractivity contribution in [3.05, 3.63) is 59.3 Å². The van der Waals surface area contributed by atoms with E-state index in [1.807, 2.05) is 0 Å². The predicted molar refractivity (Wildman–Crippen MR) is 86.7 cm³/mol. The maximum absolute atomic E-state index is 12.2. The highest BCUT2D eigenvalue weighted by Crippen LogP contribution is 2.07. The van der Waals surface area contributed by atoms with Crippen LogP contribution in [0, 0.1) is 0 Å². The number of methoxy groups -OCH3 is 1. The van der Waals surface area contributed by atoms with E-state index in [-0.39, 0.29) is 18.0 Å². The number of ether oxygens (including phenoxy) is 1. The molecule has 132 valence electrons. The second-order valence-electron chi connectivity index (χ2n) is 5.15. The number of hydrogen-bond donors (Lipinski definition) is 2. The molecule has 0 radical (unpaired) electrons. The quantitative estimate of drug-likeness (QED) is 0.633. The van der Waals surface area contributed by atoms with Gasteiger partial charge in [-0.25, -0.2) is 14.6 Å². The van der Waals surface area contributed by atoms with E-state index in [1.54, 1.807) is 24.3 Å². The van der Waals surface area contributed by atoms with Gasteiger partial charge in [-0.3, -0.25) is 4.79 Å². The smallest absolute Gasteiger partial charge is 0.374 e. The summed E-state index contributed by atoms with van der Waals surface area (Å²) in [6.45, 7) is 0.149. The third-order valence-electron chi connectivity index (χ3n) is 3.48. The first kappa shape index (κ1) is 17.0. The molecule has 0 spiro atoms. The zero-order valence-electron chi connectivity index (χ0n) is 13.5. The van der Waals surface area contributed by atoms with E-state index in [2.05, 4.69) is 25.1 Å². The third kappa shape index (κ3) is 3.34. The Kier molecular flexibility index (Phi) is 4.56. The van der Waals surface area contributed by atoms with Crippen molar-refractivity contribution in [3.63, 3.8) is 0 Å². The Bertz CT molecular complexity index is 996. The van der Waals surface area contributed by atoms with Gasteiger partial charge in [0.2, 0.25) is 11.6 Å². The van der Waals surface area contributed by atoms with Gasteiger partial charge < -0.3 is 15.2 Å². The lowest BCUT2D eigenvalue weighted by Gasteiger charge is -2.06. The molecule has 26 heavy (non-hydrogen) atoms. The number of carbonyl (C=O) groups excluding carboxylic acids is 2. The molecule has 0 aliphatic carbocycles. The second kappa shape index (κ2) is 6.97. The molecular weight excluding hydrogens is 342 g/mol. The summed E-state index contributed by atoms with van der Waals surface area (Å²) in [6.07, 6.45) is 1.36. The zero-order chi connectivity index (χ0) is 18.7. The number of carbonyl (C=O) groups is 3. The molecule has 0 saturated carbocycles. The van der Waals surface area contributed by atoms with Crippen LogP contribution in [0.5, 0.6) is 0 Å². The van der Waals surface area contributed by atoms with Gasteiger partial charge in [-0.05, 0) is 17.7 Å². The number of carboxylic acids is 1. The van der Waals surface area contributed by atoms with E-state index in [0.717, 1.165) is 10.1 Å². The number of rotatable bonds is 5. The molecule has 0 saturated heterocycles. The van der Waals surface area contributed by atoms with Crippen molar-refractivity contribution >= 4 is 23.5 Å². The van der Waals surface area contributed by atoms with Crippen molar-refractivity contribution in [1.29, 1.82) is 0 Å². The number of aromatic carboxylic acids is 1. The molecule has 0 atom stereocenters. The summed E-state index contributed by atoms with van der Waals surface area (Å²) in [5.41, 5.74) is 1.32. The Morgan fingerprint density at radius 1 is 1.15 bits per heavy atom. The van der Waals surface area contributed by atoms with Crippen LogP contribution in [-0.4, -0.2) is 49.6 Å². The van der Waals surface area contributed by atoms with Gasteiger partial charge in [0, 0.05) is 12.6 Å². The van der Waals surface area contributed by atoms with E-state index in [1.165, 1.54) is 19.4 Å². The van der Waals surface area contributed by atoms with Gasteiger partial charge in [-0.15, -0.1) is 0 Å². The minimum atomic E-state index is -1.33. The van der Waals surface area contributed by atoms with Crippen LogP contribution in [0.3, 0.4) is 0 Å². The summed E-state index contributed by atoms with van der Waals surface area (Å²) < 4.78 is 5.64. The highest BCUT2D eigenvalue weighted by atomic mass is 16.5. The molecule has 0 bridgehead atoms. The van der Waals surface area contributed by atoms with E-state index in [4.69, 9.17) is 0 Å². The van der Waals surface area contributed by atoms with E-state index < -0.39 is 23.7 Å². The van der Waals surface area contributed by atoms with E-state index in [9.17, 15) is 19.5 Å². The normalized spacial score (nSPS) is 10.5. The SMILES string of the molecule is COC(=O)c1ccc(CNC(=O)c2nc(C(=O)O)n3nccc3n2)cc1. The lowest BCUT2D eigenvalue weighted by Crippen LogP contribution is -2.27. The zero-order valence-corrected chi connectivity index (χ0v) is 13.5. The van der Waals surface area contributed by atoms with Gasteiger partial charge in [-0.2, -0.15) is 14.6 Å². The Morgan fingerprint density at radius 2 is 1.88 bits per heavy atom. The minimum Gasteiger partial charge on any atom is -0.475 e. The summed E-state index contributed by atoms with van der Waals surface area (Å²) in [5, 5.41) is 15.6. The molecule has 0 unspecified atom stereocenters. The molecule has 3 rings (SSSR count). The van der Waals surface area contributed by atoms with Crippen LogP contribution in [0.1, 0.15) is 37.2 Å². The Labute approximate surface area is 146 Å². The lowest BCUT2D eigenvalue weighted by molar-refractivity contribution is 0.0599. The molecule has 2 aromatic heterocycles. The van der Waals surface area contributed by atoms with Gasteiger partial charge in [0.25, 0.3) is 5.91 Å². The average Bonchev–Trinajstić information content (AvgIpc) is 3.13. The Morgan fingerprint density at radius 3 is 2.54 bits per heavy atom. The van der Waals surface area contributed by atoms with Crippen LogP contribution in [-0.2, 0) is 11.3 Å². The summed E-state index contributed by atoms with van der Waals surface area (Å²) in [4.78, 5) is 42.6. The first-order chi connectivity index (χ1) is 12.5. The number of aromatic nitrogens is 4. The largest absolute Gasteiger partial charge is 0.475 e. The molecule has 10 heteroatoms. The molecule has 1 amide bonds. The number of carboxylic acid groups (broad SMARTS) is 1. The predicted octanol–water partition coefficient (Wildman–Crippen LogP) is 0.539. The van der Waals surface area contributed by atoms with Crippen LogP contribution in [0.25, 0.3) is 5.65 Å². The topological polar surface area (TPSA) is 136 Å². The monoisotopic (exact) mass is 355 g/mol. The Balaban J connectivity index is 1.75. The summed E-state index contributed by atoms with van der Waals surface area (Å²) >= 11 is 0. The van der Waals surface area contributed by atoms with Crippen LogP contribution >= 0.6 is 0 Å². The number of nitrogens with one attached hydrogen (secondary N) is 1. The molecular formula is C16H13N5O5. The highest BCUT2D eigenvalue weighted by molar-refractivity contribution is 5.92. The fourth-order valence-electron chi connectivity index (χ4n) is 2.20. The summed E-state index contributed by atoms with van der Waals surface area (Å²) in [5.74, 6) is -3.10. The molecule has 3 aromatic rings. The van der Waals surface area contributed by atoms with Crippen molar-refractivity contribution in [2.24, 2.45) is 0 Å². The molecule has 1 aromatic carbocycles. The molecule has 0 aliphatic rings. The third-order valence-corrected chi connectivity index (χ3v) is 3.48. The summed E-state index contributed by atoms with van der Waals surface area (Å²) in [6, 6.07) is 7.94. The maximum Gasteiger partial charge on any atom is 0.374 e. The second-order valence-corrected chi connectivity index (χ2v) is 5.15. The average molecular weight is 355 g/mol. The van der Waals surface area contributed by atoms with E-state index in [0.29, 0.717) is 5.56 Å². The van der Waals surface area contributed by atoms with Crippen molar-refractivity contribution < 1.29 is 24.2 Å². The number of benzene rings is 1. The number of nitrogens with zero attached hydrogens (tertiary/aromatic N) is 4. The first-order valence-electron chi connectivity index (χ1n) is 7.40. The lowest BCUT2D eigenvalue weighted by atomic mass is 10.1. The van der Waals surface area contributed by atoms with Crippen LogP contribution in [0.2, 0.25) is 0 Å². The number of hydrogen-bond acceptors (Lipinski definition) is 7. The van der Waals surface area contributed by atoms with Gasteiger partial charge in [0.05, 0.1) is 18.9 Å². The number of esters is 1. The van der Waals surface area contributed by atoms with Crippen LogP contribution < -0.4 is 5.32 Å². The fraction of sp³-hybridized carbons (Fsp3) is 0.125. The first-order valence-corrected chi connectivity index (χ1v) is 7.40. The van der Waals surface area contributed by atoms with Gasteiger partial charge >= 0.3 is 11.9 Å². The van der Waals surface area contributed by atoms with Crippen molar-refractivity contribution in [1.82, 2.24) is 24.9 Å². The standard InChI is InChI=1S/C16H13N5O5/c1-26-16(25)10-4-2-9(3-5-10)8-17-14(22)12-19-11-6-7-18-21(11)13(20-12)15(23)24/h2-7H,8H2,1H3,(H,17,22)(H,23,24). The molecule has 0 fully saturated rings. The van der Waals surface area contributed by atoms with Crippen LogP contribution in [0.4, 0.5) is 0 Å². The van der Waals surface area contributed by atoms with Gasteiger partial charge in [0.15, 0.2) is 5.65 Å². The fourth-order valence-corrected chi connectivity index (χ4v) is 2.20. The molecule has 0 aliphatic heterocycles. The van der Waals surface area contributed by atoms with E-state index >= 15 is 0 Å². The van der Waals surface area contributed by atoms with Crippen molar-refractivity contribution in [2.45, 2.75) is 6.54 Å². The number of fused-ring (bicyclic) bond motifs is 1. The molecule has 2 N–H and O–H groups in total. The summed E-state index contributed by atoms with van der Waals surface area (Å²) in [7, 11) is 1.29. The van der Waals surface area contributed by atoms with Crippen molar-refractivity contribution in [2.75, 3.05) is 7.11 Å².